The summed E-state index contributed by atoms with van der Waals surface area (Å²) < 4.78 is 28.5. The van der Waals surface area contributed by atoms with Gasteiger partial charge in [-0.15, -0.1) is 0 Å². The number of nitrogens with zero attached hydrogens (tertiary/aromatic N) is 4. The molecule has 4 aromatic rings. The average Bonchev–Trinajstić information content (AvgIpc) is 3.00. The Balaban J connectivity index is 1.95. The number of hydrogen-bond acceptors (Lipinski definition) is 4. The summed E-state index contributed by atoms with van der Waals surface area (Å²) >= 11 is 0. The summed E-state index contributed by atoms with van der Waals surface area (Å²) in [4.78, 5) is 8.83. The van der Waals surface area contributed by atoms with Gasteiger partial charge in [-0.05, 0) is 56.3 Å². The topological polar surface area (TPSA) is 55.1 Å². The van der Waals surface area contributed by atoms with Gasteiger partial charge in [0.25, 0.3) is 0 Å². The van der Waals surface area contributed by atoms with Gasteiger partial charge in [0.1, 0.15) is 17.3 Å². The molecule has 0 amide bonds. The van der Waals surface area contributed by atoms with Crippen molar-refractivity contribution in [2.24, 2.45) is 0 Å². The zero-order chi connectivity index (χ0) is 19.0. The number of nitrogens with one attached hydrogen (secondary N) is 1. The average molecular weight is 365 g/mol. The van der Waals surface area contributed by atoms with Crippen LogP contribution in [0.3, 0.4) is 0 Å². The van der Waals surface area contributed by atoms with Gasteiger partial charge < -0.3 is 5.32 Å². The van der Waals surface area contributed by atoms with Crippen LogP contribution in [0.5, 0.6) is 0 Å². The monoisotopic (exact) mass is 365 g/mol. The molecule has 27 heavy (non-hydrogen) atoms. The van der Waals surface area contributed by atoms with Crippen molar-refractivity contribution in [1.82, 2.24) is 19.6 Å². The molecule has 136 valence electrons. The highest BCUT2D eigenvalue weighted by Crippen LogP contribution is 2.34. The van der Waals surface area contributed by atoms with Gasteiger partial charge in [0.15, 0.2) is 0 Å². The smallest absolute Gasteiger partial charge is 0.223 e. The fraction of sp³-hybridized carbons (Fsp3) is 0.150. The molecule has 0 atom stereocenters. The lowest BCUT2D eigenvalue weighted by molar-refractivity contribution is 0.615. The number of rotatable bonds is 4. The van der Waals surface area contributed by atoms with Crippen LogP contribution in [0.25, 0.3) is 28.0 Å². The van der Waals surface area contributed by atoms with Crippen LogP contribution in [0, 0.1) is 11.6 Å². The Morgan fingerprint density at radius 2 is 1.70 bits per heavy atom. The van der Waals surface area contributed by atoms with Gasteiger partial charge in [0.05, 0.1) is 23.0 Å². The number of benzene rings is 1. The first kappa shape index (κ1) is 17.1. The molecule has 0 fully saturated rings. The van der Waals surface area contributed by atoms with Crippen LogP contribution in [0.4, 0.5) is 14.7 Å². The number of anilines is 1. The molecule has 0 radical (unpaired) electrons. The zero-order valence-electron chi connectivity index (χ0n) is 14.8. The van der Waals surface area contributed by atoms with E-state index in [0.29, 0.717) is 28.4 Å². The number of pyridine rings is 1. The van der Waals surface area contributed by atoms with Crippen LogP contribution < -0.4 is 5.32 Å². The van der Waals surface area contributed by atoms with Gasteiger partial charge in [-0.25, -0.2) is 23.3 Å². The van der Waals surface area contributed by atoms with E-state index >= 15 is 0 Å². The largest absolute Gasteiger partial charge is 0.352 e. The van der Waals surface area contributed by atoms with E-state index in [1.54, 1.807) is 30.5 Å². The van der Waals surface area contributed by atoms with Crippen molar-refractivity contribution in [2.45, 2.75) is 19.9 Å². The van der Waals surface area contributed by atoms with Crippen molar-refractivity contribution >= 4 is 11.5 Å². The maximum atomic E-state index is 13.7. The highest BCUT2D eigenvalue weighted by atomic mass is 19.1. The highest BCUT2D eigenvalue weighted by molar-refractivity contribution is 5.90. The Morgan fingerprint density at radius 1 is 0.963 bits per heavy atom. The van der Waals surface area contributed by atoms with Crippen molar-refractivity contribution < 1.29 is 8.78 Å². The Bertz CT molecular complexity index is 1100. The van der Waals surface area contributed by atoms with E-state index in [1.165, 1.54) is 28.9 Å². The van der Waals surface area contributed by atoms with E-state index in [0.717, 1.165) is 5.56 Å². The lowest BCUT2D eigenvalue weighted by atomic mass is 10.0. The molecule has 0 bridgehead atoms. The normalized spacial score (nSPS) is 11.3. The Labute approximate surface area is 154 Å². The van der Waals surface area contributed by atoms with Crippen molar-refractivity contribution in [3.8, 4) is 22.5 Å². The Kier molecular flexibility index (Phi) is 4.27. The van der Waals surface area contributed by atoms with Gasteiger partial charge in [-0.1, -0.05) is 0 Å². The molecule has 7 heteroatoms. The summed E-state index contributed by atoms with van der Waals surface area (Å²) in [5.74, 6) is -0.235. The minimum Gasteiger partial charge on any atom is -0.352 e. The third kappa shape index (κ3) is 3.36. The van der Waals surface area contributed by atoms with Crippen LogP contribution in [0.15, 0.2) is 54.9 Å². The van der Waals surface area contributed by atoms with Gasteiger partial charge >= 0.3 is 0 Å². The summed E-state index contributed by atoms with van der Waals surface area (Å²) in [5.41, 5.74) is 3.39. The van der Waals surface area contributed by atoms with Crippen LogP contribution in [-0.4, -0.2) is 25.6 Å². The predicted octanol–water partition coefficient (Wildman–Crippen LogP) is 4.56. The summed E-state index contributed by atoms with van der Waals surface area (Å²) in [6.45, 7) is 4.00. The third-order valence-electron chi connectivity index (χ3n) is 4.04. The molecule has 3 heterocycles. The van der Waals surface area contributed by atoms with E-state index in [2.05, 4.69) is 20.4 Å². The molecule has 1 N–H and O–H groups in total. The molecule has 0 aliphatic carbocycles. The highest BCUT2D eigenvalue weighted by Gasteiger charge is 2.18. The van der Waals surface area contributed by atoms with E-state index < -0.39 is 5.82 Å². The van der Waals surface area contributed by atoms with E-state index in [4.69, 9.17) is 0 Å². The second-order valence-electron chi connectivity index (χ2n) is 6.47. The predicted molar refractivity (Wildman–Crippen MR) is 100 cm³/mol. The molecule has 0 spiro atoms. The molecule has 0 aliphatic rings. The number of halogens is 2. The molecule has 0 unspecified atom stereocenters. The molecular formula is C20H17F2N5. The van der Waals surface area contributed by atoms with E-state index in [-0.39, 0.29) is 11.9 Å². The van der Waals surface area contributed by atoms with Gasteiger partial charge in [-0.2, -0.15) is 5.10 Å². The standard InChI is InChI=1S/C20H17F2N5/c1-12(2)24-20-23-10-9-16(25-20)18-17-8-7-15(22)11-27(17)26-19(18)13-3-5-14(21)6-4-13/h3-12H,1-2H3,(H,23,24,25). The molecule has 0 saturated carbocycles. The second-order valence-corrected chi connectivity index (χ2v) is 6.47. The molecule has 5 nitrogen and oxygen atoms in total. The van der Waals surface area contributed by atoms with Crippen LogP contribution in [0.1, 0.15) is 13.8 Å². The third-order valence-corrected chi connectivity index (χ3v) is 4.04. The summed E-state index contributed by atoms with van der Waals surface area (Å²) in [5, 5.41) is 7.69. The second kappa shape index (κ2) is 6.75. The first-order valence-electron chi connectivity index (χ1n) is 8.55. The maximum Gasteiger partial charge on any atom is 0.223 e. The van der Waals surface area contributed by atoms with Crippen LogP contribution in [-0.2, 0) is 0 Å². The molecule has 4 rings (SSSR count). The zero-order valence-corrected chi connectivity index (χ0v) is 14.8. The van der Waals surface area contributed by atoms with Crippen molar-refractivity contribution in [2.75, 3.05) is 5.32 Å². The Morgan fingerprint density at radius 3 is 2.44 bits per heavy atom. The fourth-order valence-corrected chi connectivity index (χ4v) is 2.91. The molecule has 1 aromatic carbocycles. The minimum atomic E-state index is -0.396. The molecular weight excluding hydrogens is 348 g/mol. The summed E-state index contributed by atoms with van der Waals surface area (Å²) in [7, 11) is 0. The SMILES string of the molecule is CC(C)Nc1nccc(-c2c(-c3ccc(F)cc3)nn3cc(F)ccc23)n1. The first-order valence-corrected chi connectivity index (χ1v) is 8.55. The molecule has 3 aromatic heterocycles. The van der Waals surface area contributed by atoms with Crippen molar-refractivity contribution in [3.05, 3.63) is 66.5 Å². The quantitative estimate of drug-likeness (QED) is 0.576. The van der Waals surface area contributed by atoms with Crippen LogP contribution in [0.2, 0.25) is 0 Å². The first-order chi connectivity index (χ1) is 13.0. The lowest BCUT2D eigenvalue weighted by Gasteiger charge is -2.09. The summed E-state index contributed by atoms with van der Waals surface area (Å²) in [6.07, 6.45) is 2.97. The lowest BCUT2D eigenvalue weighted by Crippen LogP contribution is -2.12. The van der Waals surface area contributed by atoms with E-state index in [9.17, 15) is 8.78 Å². The van der Waals surface area contributed by atoms with Crippen LogP contribution >= 0.6 is 0 Å². The maximum absolute atomic E-state index is 13.7. The number of hydrogen-bond donors (Lipinski definition) is 1. The fourth-order valence-electron chi connectivity index (χ4n) is 2.91. The van der Waals surface area contributed by atoms with E-state index in [1.807, 2.05) is 13.8 Å². The minimum absolute atomic E-state index is 0.176. The van der Waals surface area contributed by atoms with Gasteiger partial charge in [-0.3, -0.25) is 0 Å². The van der Waals surface area contributed by atoms with Gasteiger partial charge in [0, 0.05) is 17.8 Å². The van der Waals surface area contributed by atoms with Crippen molar-refractivity contribution in [3.63, 3.8) is 0 Å². The van der Waals surface area contributed by atoms with Crippen molar-refractivity contribution in [1.29, 1.82) is 0 Å². The molecule has 0 saturated heterocycles. The summed E-state index contributed by atoms with van der Waals surface area (Å²) in [6, 6.07) is 11.0. The number of fused-ring (bicyclic) bond motifs is 1. The Hall–Kier alpha value is -3.35. The number of aromatic nitrogens is 4. The van der Waals surface area contributed by atoms with Gasteiger partial charge in [0.2, 0.25) is 5.95 Å². The molecule has 0 aliphatic heterocycles.